The van der Waals surface area contributed by atoms with E-state index in [0.717, 1.165) is 18.4 Å². The number of aliphatic hydroxyl groups is 1. The predicted molar refractivity (Wildman–Crippen MR) is 88.0 cm³/mol. The molecule has 0 radical (unpaired) electrons. The summed E-state index contributed by atoms with van der Waals surface area (Å²) >= 11 is 6.14. The molecule has 1 aliphatic carbocycles. The molecule has 1 aliphatic rings. The van der Waals surface area contributed by atoms with E-state index >= 15 is 0 Å². The van der Waals surface area contributed by atoms with E-state index in [9.17, 15) is 13.5 Å². The Bertz CT molecular complexity index is 720. The maximum atomic E-state index is 12.9. The largest absolute Gasteiger partial charge is 0.391 e. The van der Waals surface area contributed by atoms with Crippen LogP contribution in [0.1, 0.15) is 23.3 Å². The van der Waals surface area contributed by atoms with Crippen LogP contribution in [0.15, 0.2) is 31.6 Å². The van der Waals surface area contributed by atoms with E-state index in [2.05, 4.69) is 15.9 Å². The van der Waals surface area contributed by atoms with Crippen LogP contribution < -0.4 is 0 Å². The molecule has 4 nitrogen and oxygen atoms in total. The average Bonchev–Trinajstić information content (AvgIpc) is 2.99. The first-order valence-corrected chi connectivity index (χ1v) is 10.4. The van der Waals surface area contributed by atoms with Crippen LogP contribution in [0.3, 0.4) is 0 Å². The smallest absolute Gasteiger partial charge is 0.245 e. The van der Waals surface area contributed by atoms with Gasteiger partial charge in [0.15, 0.2) is 0 Å². The van der Waals surface area contributed by atoms with Crippen LogP contribution >= 0.6 is 38.6 Å². The van der Waals surface area contributed by atoms with E-state index in [4.69, 9.17) is 0 Å². The summed E-state index contributed by atoms with van der Waals surface area (Å²) in [5.41, 5.74) is 1.02. The summed E-state index contributed by atoms with van der Waals surface area (Å²) in [6.45, 7) is 0.264. The molecule has 2 aromatic heterocycles. The van der Waals surface area contributed by atoms with Gasteiger partial charge in [-0.05, 0) is 57.2 Å². The monoisotopic (exact) mass is 407 g/mol. The van der Waals surface area contributed by atoms with Crippen molar-refractivity contribution in [2.75, 3.05) is 0 Å². The molecule has 0 aromatic carbocycles. The maximum Gasteiger partial charge on any atom is 0.245 e. The van der Waals surface area contributed by atoms with Crippen molar-refractivity contribution in [3.05, 3.63) is 37.1 Å². The predicted octanol–water partition coefficient (Wildman–Crippen LogP) is 3.42. The van der Waals surface area contributed by atoms with Crippen LogP contribution in [-0.2, 0) is 23.2 Å². The molecular weight excluding hydrogens is 394 g/mol. The maximum absolute atomic E-state index is 12.9. The Morgan fingerprint density at radius 1 is 1.43 bits per heavy atom. The molecule has 0 spiro atoms. The van der Waals surface area contributed by atoms with Crippen molar-refractivity contribution in [1.82, 2.24) is 4.31 Å². The number of sulfonamides is 1. The van der Waals surface area contributed by atoms with Gasteiger partial charge in [-0.2, -0.15) is 15.6 Å². The minimum absolute atomic E-state index is 0.0966. The number of rotatable bonds is 6. The third-order valence-corrected chi connectivity index (χ3v) is 8.19. The van der Waals surface area contributed by atoms with Crippen molar-refractivity contribution in [3.8, 4) is 0 Å². The number of halogens is 1. The van der Waals surface area contributed by atoms with Gasteiger partial charge in [0.05, 0.1) is 10.4 Å². The Labute approximate surface area is 140 Å². The van der Waals surface area contributed by atoms with Gasteiger partial charge >= 0.3 is 0 Å². The molecule has 0 bridgehead atoms. The van der Waals surface area contributed by atoms with Crippen LogP contribution in [0, 0.1) is 0 Å². The van der Waals surface area contributed by atoms with Crippen LogP contribution in [0.4, 0.5) is 0 Å². The number of nitrogens with zero attached hydrogens (tertiary/aromatic N) is 1. The molecule has 2 aromatic rings. The molecule has 0 unspecified atom stereocenters. The first-order chi connectivity index (χ1) is 10.0. The summed E-state index contributed by atoms with van der Waals surface area (Å²) in [6.07, 6.45) is 1.83. The lowest BCUT2D eigenvalue weighted by Gasteiger charge is -2.21. The SMILES string of the molecule is O=S(=O)(c1cc(CO)sc1Br)N(Cc1ccsc1)C1CC1. The molecule has 0 aliphatic heterocycles. The van der Waals surface area contributed by atoms with Gasteiger partial charge in [-0.15, -0.1) is 11.3 Å². The van der Waals surface area contributed by atoms with Crippen LogP contribution in [0.5, 0.6) is 0 Å². The van der Waals surface area contributed by atoms with E-state index in [1.165, 1.54) is 11.3 Å². The zero-order chi connectivity index (χ0) is 15.0. The van der Waals surface area contributed by atoms with Gasteiger partial charge in [-0.25, -0.2) is 8.42 Å². The lowest BCUT2D eigenvalue weighted by Crippen LogP contribution is -2.32. The molecule has 2 heterocycles. The van der Waals surface area contributed by atoms with Gasteiger partial charge in [0.2, 0.25) is 10.0 Å². The quantitative estimate of drug-likeness (QED) is 0.797. The molecular formula is C13H14BrNO3S3. The summed E-state index contributed by atoms with van der Waals surface area (Å²) in [4.78, 5) is 0.908. The Morgan fingerprint density at radius 2 is 2.19 bits per heavy atom. The number of thiophene rings is 2. The number of aliphatic hydroxyl groups excluding tert-OH is 1. The summed E-state index contributed by atoms with van der Waals surface area (Å²) in [6, 6.07) is 3.61. The summed E-state index contributed by atoms with van der Waals surface area (Å²) in [5.74, 6) is 0. The van der Waals surface area contributed by atoms with Gasteiger partial charge in [-0.1, -0.05) is 0 Å². The Balaban J connectivity index is 1.95. The fourth-order valence-corrected chi connectivity index (χ4v) is 6.94. The van der Waals surface area contributed by atoms with Crippen molar-refractivity contribution in [1.29, 1.82) is 0 Å². The average molecular weight is 408 g/mol. The lowest BCUT2D eigenvalue weighted by atomic mass is 10.3. The fourth-order valence-electron chi connectivity index (χ4n) is 2.11. The highest BCUT2D eigenvalue weighted by Crippen LogP contribution is 2.38. The third kappa shape index (κ3) is 3.25. The summed E-state index contributed by atoms with van der Waals surface area (Å²) < 4.78 is 28.0. The Morgan fingerprint density at radius 3 is 2.71 bits per heavy atom. The van der Waals surface area contributed by atoms with E-state index in [0.29, 0.717) is 15.2 Å². The van der Waals surface area contributed by atoms with Gasteiger partial charge in [0, 0.05) is 17.5 Å². The second-order valence-corrected chi connectivity index (χ2v) is 10.0. The van der Waals surface area contributed by atoms with E-state index in [1.54, 1.807) is 21.7 Å². The van der Waals surface area contributed by atoms with Gasteiger partial charge in [-0.3, -0.25) is 0 Å². The van der Waals surface area contributed by atoms with E-state index in [-0.39, 0.29) is 17.5 Å². The first kappa shape index (κ1) is 15.6. The van der Waals surface area contributed by atoms with Crippen molar-refractivity contribution in [2.24, 2.45) is 0 Å². The van der Waals surface area contributed by atoms with Crippen molar-refractivity contribution in [2.45, 2.75) is 36.9 Å². The zero-order valence-electron chi connectivity index (χ0n) is 11.0. The molecule has 0 amide bonds. The highest BCUT2D eigenvalue weighted by Gasteiger charge is 2.39. The second-order valence-electron chi connectivity index (χ2n) is 4.92. The Kier molecular flexibility index (Phi) is 4.54. The minimum atomic E-state index is -3.54. The molecule has 1 N–H and O–H groups in total. The van der Waals surface area contributed by atoms with Crippen LogP contribution in [-0.4, -0.2) is 23.9 Å². The topological polar surface area (TPSA) is 57.6 Å². The second kappa shape index (κ2) is 6.10. The van der Waals surface area contributed by atoms with Crippen LogP contribution in [0.2, 0.25) is 0 Å². The van der Waals surface area contributed by atoms with E-state index < -0.39 is 10.0 Å². The van der Waals surface area contributed by atoms with Crippen molar-refractivity contribution in [3.63, 3.8) is 0 Å². The molecule has 1 saturated carbocycles. The van der Waals surface area contributed by atoms with Crippen molar-refractivity contribution < 1.29 is 13.5 Å². The van der Waals surface area contributed by atoms with Gasteiger partial charge < -0.3 is 5.11 Å². The molecule has 3 rings (SSSR count). The highest BCUT2D eigenvalue weighted by atomic mass is 79.9. The molecule has 114 valence electrons. The van der Waals surface area contributed by atoms with Gasteiger partial charge in [0.25, 0.3) is 0 Å². The van der Waals surface area contributed by atoms with E-state index in [1.807, 2.05) is 16.8 Å². The number of hydrogen-bond donors (Lipinski definition) is 1. The molecule has 0 saturated heterocycles. The lowest BCUT2D eigenvalue weighted by molar-refractivity contribution is 0.285. The molecule has 0 atom stereocenters. The van der Waals surface area contributed by atoms with Crippen molar-refractivity contribution >= 4 is 48.6 Å². The highest BCUT2D eigenvalue weighted by molar-refractivity contribution is 9.11. The first-order valence-electron chi connectivity index (χ1n) is 6.44. The number of hydrogen-bond acceptors (Lipinski definition) is 5. The summed E-state index contributed by atoms with van der Waals surface area (Å²) in [5, 5.41) is 13.1. The molecule has 8 heteroatoms. The summed E-state index contributed by atoms with van der Waals surface area (Å²) in [7, 11) is -3.54. The fraction of sp³-hybridized carbons (Fsp3) is 0.385. The minimum Gasteiger partial charge on any atom is -0.391 e. The standard InChI is InChI=1S/C13H14BrNO3S3/c14-13-12(5-11(7-16)20-13)21(17,18)15(10-1-2-10)6-9-3-4-19-8-9/h3-5,8,10,16H,1-2,6-7H2. The van der Waals surface area contributed by atoms with Crippen LogP contribution in [0.25, 0.3) is 0 Å². The zero-order valence-corrected chi connectivity index (χ0v) is 15.1. The normalized spacial score (nSPS) is 15.8. The Hall–Kier alpha value is -0.250. The molecule has 21 heavy (non-hydrogen) atoms. The molecule has 1 fully saturated rings. The van der Waals surface area contributed by atoms with Gasteiger partial charge in [0.1, 0.15) is 4.90 Å². The third-order valence-electron chi connectivity index (χ3n) is 3.32.